The highest BCUT2D eigenvalue weighted by Gasteiger charge is 2.54. The van der Waals surface area contributed by atoms with E-state index >= 15 is 0 Å². The van der Waals surface area contributed by atoms with Crippen LogP contribution in [0, 0.1) is 11.8 Å². The maximum atomic E-state index is 12.0. The Bertz CT molecular complexity index is 1300. The highest BCUT2D eigenvalue weighted by atomic mass is 35.5. The molecule has 6 nitrogen and oxygen atoms in total. The number of rotatable bonds is 6. The number of quaternary nitrogens is 1. The first-order chi connectivity index (χ1) is 17.0. The Morgan fingerprint density at radius 1 is 1.25 bits per heavy atom. The Hall–Kier alpha value is -2.51. The molecule has 4 aliphatic heterocycles. The largest absolute Gasteiger partial charge is 1.00 e. The average Bonchev–Trinajstić information content (AvgIpc) is 3.34. The predicted octanol–water partition coefficient (Wildman–Crippen LogP) is 2.27. The van der Waals surface area contributed by atoms with Crippen molar-refractivity contribution in [2.75, 3.05) is 27.0 Å². The zero-order valence-electron chi connectivity index (χ0n) is 20.2. The van der Waals surface area contributed by atoms with E-state index in [1.165, 1.54) is 0 Å². The van der Waals surface area contributed by atoms with Gasteiger partial charge in [0.05, 0.1) is 30.7 Å². The van der Waals surface area contributed by atoms with E-state index in [-0.39, 0.29) is 25.2 Å². The summed E-state index contributed by atoms with van der Waals surface area (Å²) in [4.78, 5) is 4.52. The summed E-state index contributed by atoms with van der Waals surface area (Å²) in [6.07, 6.45) is 5.30. The Balaban J connectivity index is 0.00000267. The second-order valence-electron chi connectivity index (χ2n) is 10.1. The normalized spacial score (nSPS) is 26.9. The van der Waals surface area contributed by atoms with Crippen molar-refractivity contribution in [2.24, 2.45) is 11.8 Å². The molecule has 0 saturated carbocycles. The van der Waals surface area contributed by atoms with Crippen molar-refractivity contribution in [3.05, 3.63) is 71.4 Å². The fourth-order valence-electron chi connectivity index (χ4n) is 6.54. The standard InChI is InChI=1S/C28H30ClN2O4.ClH/c1-3-17-14-31(15-19-11-26-27(13-23(19)29)35-16-34-26)9-7-18(17)10-25(31)28(32)21-6-8-30-24-5-4-20(33-2)12-22(21)24;/h3-6,8,11-13,17-18,25,28,32H,1,7,9-10,14-16H2,2H3;1H/q+1;/p-1/t17?,18?,25-,28+,31?;/m0./s1. The Kier molecular flexibility index (Phi) is 6.81. The summed E-state index contributed by atoms with van der Waals surface area (Å²) in [6.45, 7) is 7.01. The highest BCUT2D eigenvalue weighted by Crippen LogP contribution is 2.49. The van der Waals surface area contributed by atoms with Crippen LogP contribution in [0.4, 0.5) is 0 Å². The molecule has 3 unspecified atom stereocenters. The number of aromatic nitrogens is 1. The summed E-state index contributed by atoms with van der Waals surface area (Å²) in [5.74, 6) is 3.14. The van der Waals surface area contributed by atoms with Crippen LogP contribution < -0.4 is 26.6 Å². The number of aliphatic hydroxyl groups is 1. The molecule has 0 amide bonds. The van der Waals surface area contributed by atoms with Gasteiger partial charge < -0.3 is 36.2 Å². The Labute approximate surface area is 222 Å². The molecule has 1 N–H and O–H groups in total. The van der Waals surface area contributed by atoms with Gasteiger partial charge >= 0.3 is 0 Å². The maximum absolute atomic E-state index is 12.0. The number of hydrogen-bond acceptors (Lipinski definition) is 5. The van der Waals surface area contributed by atoms with Gasteiger partial charge in [-0.1, -0.05) is 17.7 Å². The van der Waals surface area contributed by atoms with Crippen LogP contribution in [0.5, 0.6) is 17.2 Å². The number of piperidine rings is 3. The molecule has 0 radical (unpaired) electrons. The minimum Gasteiger partial charge on any atom is -1.00 e. The third-order valence-corrected chi connectivity index (χ3v) is 8.72. The molecule has 36 heavy (non-hydrogen) atoms. The average molecular weight is 529 g/mol. The van der Waals surface area contributed by atoms with E-state index in [0.717, 1.165) is 70.5 Å². The SMILES string of the molecule is C=CC1C[N+]2(Cc3cc4c(cc3Cl)OCO4)CCC1C[C@H]2[C@H](O)c1ccnc2ccc(OC)cc12.[Cl-]. The molecular formula is C28H30Cl2N2O4. The quantitative estimate of drug-likeness (QED) is 0.393. The molecule has 5 heterocycles. The number of aliphatic hydroxyl groups excluding tert-OH is 1. The maximum Gasteiger partial charge on any atom is 0.231 e. The van der Waals surface area contributed by atoms with Gasteiger partial charge in [0.1, 0.15) is 24.4 Å². The van der Waals surface area contributed by atoms with Crippen molar-refractivity contribution in [3.8, 4) is 17.2 Å². The lowest BCUT2D eigenvalue weighted by Crippen LogP contribution is -3.00. The number of fused-ring (bicyclic) bond motifs is 5. The van der Waals surface area contributed by atoms with Crippen LogP contribution in [-0.4, -0.2) is 47.6 Å². The van der Waals surface area contributed by atoms with Gasteiger partial charge in [-0.2, -0.15) is 0 Å². The van der Waals surface area contributed by atoms with Gasteiger partial charge in [-0.15, -0.1) is 6.58 Å². The molecule has 3 saturated heterocycles. The molecule has 4 aliphatic rings. The second-order valence-corrected chi connectivity index (χ2v) is 10.5. The summed E-state index contributed by atoms with van der Waals surface area (Å²) >= 11 is 6.73. The number of hydrogen-bond donors (Lipinski definition) is 1. The van der Waals surface area contributed by atoms with Crippen molar-refractivity contribution in [1.82, 2.24) is 4.98 Å². The first kappa shape index (κ1) is 25.2. The topological polar surface area (TPSA) is 60.8 Å². The first-order valence-electron chi connectivity index (χ1n) is 12.2. The van der Waals surface area contributed by atoms with Crippen molar-refractivity contribution in [3.63, 3.8) is 0 Å². The molecule has 5 atom stereocenters. The van der Waals surface area contributed by atoms with Crippen LogP contribution in [0.2, 0.25) is 5.02 Å². The third kappa shape index (κ3) is 4.10. The zero-order valence-corrected chi connectivity index (χ0v) is 21.7. The van der Waals surface area contributed by atoms with Gasteiger partial charge in [0.2, 0.25) is 6.79 Å². The van der Waals surface area contributed by atoms with E-state index < -0.39 is 6.10 Å². The zero-order chi connectivity index (χ0) is 24.2. The van der Waals surface area contributed by atoms with Gasteiger partial charge in [-0.3, -0.25) is 4.98 Å². The monoisotopic (exact) mass is 528 g/mol. The number of ether oxygens (including phenoxy) is 3. The lowest BCUT2D eigenvalue weighted by atomic mass is 9.71. The minimum atomic E-state index is -0.644. The summed E-state index contributed by atoms with van der Waals surface area (Å²) < 4.78 is 17.4. The predicted molar refractivity (Wildman–Crippen MR) is 135 cm³/mol. The van der Waals surface area contributed by atoms with E-state index in [1.54, 1.807) is 13.3 Å². The Morgan fingerprint density at radius 3 is 2.83 bits per heavy atom. The van der Waals surface area contributed by atoms with E-state index in [1.807, 2.05) is 36.4 Å². The van der Waals surface area contributed by atoms with Crippen LogP contribution in [0.3, 0.4) is 0 Å². The molecule has 3 aromatic rings. The molecule has 2 bridgehead atoms. The van der Waals surface area contributed by atoms with Crippen molar-refractivity contribution in [2.45, 2.75) is 31.5 Å². The Morgan fingerprint density at radius 2 is 2.06 bits per heavy atom. The lowest BCUT2D eigenvalue weighted by Gasteiger charge is -2.58. The van der Waals surface area contributed by atoms with Crippen LogP contribution in [0.25, 0.3) is 10.9 Å². The summed E-state index contributed by atoms with van der Waals surface area (Å²) in [6, 6.07) is 11.7. The van der Waals surface area contributed by atoms with E-state index in [9.17, 15) is 5.11 Å². The summed E-state index contributed by atoms with van der Waals surface area (Å²) in [5, 5.41) is 13.6. The van der Waals surface area contributed by atoms with Gasteiger partial charge in [0.25, 0.3) is 0 Å². The summed E-state index contributed by atoms with van der Waals surface area (Å²) in [5.41, 5.74) is 2.78. The number of methoxy groups -OCH3 is 1. The third-order valence-electron chi connectivity index (χ3n) is 8.37. The molecule has 190 valence electrons. The van der Waals surface area contributed by atoms with Crippen molar-refractivity contribution < 1.29 is 36.2 Å². The number of pyridine rings is 1. The minimum absolute atomic E-state index is 0. The van der Waals surface area contributed by atoms with Crippen molar-refractivity contribution >= 4 is 22.5 Å². The molecular weight excluding hydrogens is 499 g/mol. The van der Waals surface area contributed by atoms with Crippen LogP contribution >= 0.6 is 11.6 Å². The molecule has 2 aromatic carbocycles. The van der Waals surface area contributed by atoms with Gasteiger partial charge in [-0.25, -0.2) is 0 Å². The molecule has 3 fully saturated rings. The van der Waals surface area contributed by atoms with E-state index in [4.69, 9.17) is 25.8 Å². The molecule has 1 aromatic heterocycles. The molecule has 0 spiro atoms. The van der Waals surface area contributed by atoms with Crippen LogP contribution in [-0.2, 0) is 6.54 Å². The number of benzene rings is 2. The molecule has 0 aliphatic carbocycles. The van der Waals surface area contributed by atoms with Gasteiger partial charge in [0.15, 0.2) is 11.5 Å². The van der Waals surface area contributed by atoms with Crippen molar-refractivity contribution in [1.29, 1.82) is 0 Å². The molecule has 7 rings (SSSR count). The second kappa shape index (κ2) is 9.75. The fraction of sp³-hybridized carbons (Fsp3) is 0.393. The highest BCUT2D eigenvalue weighted by molar-refractivity contribution is 6.31. The van der Waals surface area contributed by atoms with E-state index in [2.05, 4.69) is 17.6 Å². The van der Waals surface area contributed by atoms with Crippen LogP contribution in [0.15, 0.2) is 55.3 Å². The lowest BCUT2D eigenvalue weighted by molar-refractivity contribution is -0.984. The molecule has 8 heteroatoms. The van der Waals surface area contributed by atoms with Gasteiger partial charge in [-0.05, 0) is 41.8 Å². The van der Waals surface area contributed by atoms with Crippen LogP contribution in [0.1, 0.15) is 30.1 Å². The number of halogens is 2. The fourth-order valence-corrected chi connectivity index (χ4v) is 6.75. The van der Waals surface area contributed by atoms with Gasteiger partial charge in [0, 0.05) is 42.0 Å². The smallest absolute Gasteiger partial charge is 0.231 e. The first-order valence-corrected chi connectivity index (χ1v) is 12.6. The number of nitrogens with zero attached hydrogens (tertiary/aromatic N) is 2. The summed E-state index contributed by atoms with van der Waals surface area (Å²) in [7, 11) is 1.66. The van der Waals surface area contributed by atoms with E-state index in [0.29, 0.717) is 22.6 Å².